The Hall–Kier alpha value is -0.760. The molecule has 0 radical (unpaired) electrons. The second-order valence-electron chi connectivity index (χ2n) is 3.96. The maximum atomic E-state index is 5.75. The van der Waals surface area contributed by atoms with E-state index in [0.717, 1.165) is 30.5 Å². The zero-order chi connectivity index (χ0) is 9.97. The lowest BCUT2D eigenvalue weighted by molar-refractivity contribution is 0.659. The van der Waals surface area contributed by atoms with E-state index in [1.54, 1.807) is 0 Å². The Kier molecular flexibility index (Phi) is 2.92. The van der Waals surface area contributed by atoms with Crippen molar-refractivity contribution in [3.8, 4) is 0 Å². The van der Waals surface area contributed by atoms with Crippen LogP contribution < -0.4 is 4.90 Å². The van der Waals surface area contributed by atoms with Gasteiger partial charge in [-0.05, 0) is 24.5 Å². The zero-order valence-corrected chi connectivity index (χ0v) is 9.17. The van der Waals surface area contributed by atoms with Gasteiger partial charge in [0.15, 0.2) is 0 Å². The second-order valence-corrected chi connectivity index (χ2v) is 4.23. The lowest BCUT2D eigenvalue weighted by Gasteiger charge is -2.17. The quantitative estimate of drug-likeness (QED) is 0.698. The highest BCUT2D eigenvalue weighted by Gasteiger charge is 2.19. The molecule has 2 heterocycles. The SMILES string of the molecule is CC1CCN(c2cccc(CCl)n2)C1. The predicted molar refractivity (Wildman–Crippen MR) is 59.8 cm³/mol. The van der Waals surface area contributed by atoms with Gasteiger partial charge < -0.3 is 4.90 Å². The van der Waals surface area contributed by atoms with Crippen LogP contribution in [-0.2, 0) is 5.88 Å². The summed E-state index contributed by atoms with van der Waals surface area (Å²) < 4.78 is 0. The number of hydrogen-bond donors (Lipinski definition) is 0. The van der Waals surface area contributed by atoms with Crippen molar-refractivity contribution in [3.63, 3.8) is 0 Å². The van der Waals surface area contributed by atoms with E-state index in [0.29, 0.717) is 5.88 Å². The molecular formula is C11H15ClN2. The van der Waals surface area contributed by atoms with Crippen LogP contribution in [0.1, 0.15) is 19.0 Å². The largest absolute Gasteiger partial charge is 0.356 e. The normalized spacial score (nSPS) is 21.6. The first kappa shape index (κ1) is 9.78. The van der Waals surface area contributed by atoms with Crippen molar-refractivity contribution in [3.05, 3.63) is 23.9 Å². The summed E-state index contributed by atoms with van der Waals surface area (Å²) in [6.07, 6.45) is 1.27. The molecule has 1 aromatic rings. The summed E-state index contributed by atoms with van der Waals surface area (Å²) in [5, 5.41) is 0. The fourth-order valence-electron chi connectivity index (χ4n) is 1.86. The van der Waals surface area contributed by atoms with E-state index >= 15 is 0 Å². The molecule has 0 spiro atoms. The monoisotopic (exact) mass is 210 g/mol. The van der Waals surface area contributed by atoms with Crippen LogP contribution in [0.3, 0.4) is 0 Å². The highest BCUT2D eigenvalue weighted by molar-refractivity contribution is 6.16. The fourth-order valence-corrected chi connectivity index (χ4v) is 2.01. The topological polar surface area (TPSA) is 16.1 Å². The van der Waals surface area contributed by atoms with Crippen molar-refractivity contribution in [1.82, 2.24) is 4.98 Å². The van der Waals surface area contributed by atoms with E-state index in [9.17, 15) is 0 Å². The number of anilines is 1. The maximum Gasteiger partial charge on any atom is 0.128 e. The van der Waals surface area contributed by atoms with Crippen LogP contribution in [0, 0.1) is 5.92 Å². The Morgan fingerprint density at radius 3 is 3.07 bits per heavy atom. The van der Waals surface area contributed by atoms with Gasteiger partial charge >= 0.3 is 0 Å². The van der Waals surface area contributed by atoms with Crippen LogP contribution in [0.2, 0.25) is 0 Å². The van der Waals surface area contributed by atoms with Crippen LogP contribution in [0.4, 0.5) is 5.82 Å². The predicted octanol–water partition coefficient (Wildman–Crippen LogP) is 2.67. The average molecular weight is 211 g/mol. The van der Waals surface area contributed by atoms with Crippen LogP contribution in [0.15, 0.2) is 18.2 Å². The molecule has 1 fully saturated rings. The van der Waals surface area contributed by atoms with Crippen LogP contribution >= 0.6 is 11.6 Å². The van der Waals surface area contributed by atoms with Gasteiger partial charge in [-0.25, -0.2) is 4.98 Å². The van der Waals surface area contributed by atoms with Gasteiger partial charge in [0.2, 0.25) is 0 Å². The molecule has 1 unspecified atom stereocenters. The number of alkyl halides is 1. The summed E-state index contributed by atoms with van der Waals surface area (Å²) in [7, 11) is 0. The smallest absolute Gasteiger partial charge is 0.128 e. The number of pyridine rings is 1. The first-order valence-corrected chi connectivity index (χ1v) is 5.60. The van der Waals surface area contributed by atoms with Gasteiger partial charge in [0, 0.05) is 13.1 Å². The molecule has 1 aromatic heterocycles. The van der Waals surface area contributed by atoms with Gasteiger partial charge in [-0.1, -0.05) is 13.0 Å². The van der Waals surface area contributed by atoms with Crippen molar-refractivity contribution in [2.24, 2.45) is 5.92 Å². The van der Waals surface area contributed by atoms with Crippen molar-refractivity contribution in [2.75, 3.05) is 18.0 Å². The van der Waals surface area contributed by atoms with Crippen LogP contribution in [0.5, 0.6) is 0 Å². The Labute approximate surface area is 89.9 Å². The van der Waals surface area contributed by atoms with E-state index < -0.39 is 0 Å². The second kappa shape index (κ2) is 4.18. The Morgan fingerprint density at radius 1 is 1.57 bits per heavy atom. The fraction of sp³-hybridized carbons (Fsp3) is 0.545. The van der Waals surface area contributed by atoms with E-state index in [-0.39, 0.29) is 0 Å². The van der Waals surface area contributed by atoms with E-state index in [4.69, 9.17) is 11.6 Å². The molecule has 1 atom stereocenters. The minimum Gasteiger partial charge on any atom is -0.356 e. The molecule has 1 aliphatic rings. The van der Waals surface area contributed by atoms with Gasteiger partial charge in [0.05, 0.1) is 11.6 Å². The minimum absolute atomic E-state index is 0.497. The third-order valence-corrected chi connectivity index (χ3v) is 2.95. The van der Waals surface area contributed by atoms with Crippen LogP contribution in [-0.4, -0.2) is 18.1 Å². The molecule has 1 saturated heterocycles. The summed E-state index contributed by atoms with van der Waals surface area (Å²) in [5.41, 5.74) is 0.962. The van der Waals surface area contributed by atoms with Gasteiger partial charge in [-0.2, -0.15) is 0 Å². The number of rotatable bonds is 2. The standard InChI is InChI=1S/C11H15ClN2/c1-9-5-6-14(8-9)11-4-2-3-10(7-12)13-11/h2-4,9H,5-8H2,1H3. The lowest BCUT2D eigenvalue weighted by Crippen LogP contribution is -2.20. The summed E-state index contributed by atoms with van der Waals surface area (Å²) in [6, 6.07) is 6.06. The van der Waals surface area contributed by atoms with Gasteiger partial charge in [-0.15, -0.1) is 11.6 Å². The highest BCUT2D eigenvalue weighted by atomic mass is 35.5. The molecule has 2 rings (SSSR count). The minimum atomic E-state index is 0.497. The Balaban J connectivity index is 2.15. The third-order valence-electron chi connectivity index (χ3n) is 2.68. The van der Waals surface area contributed by atoms with Crippen molar-refractivity contribution in [1.29, 1.82) is 0 Å². The summed E-state index contributed by atoms with van der Waals surface area (Å²) in [6.45, 7) is 4.53. The molecule has 0 aliphatic carbocycles. The molecule has 1 aliphatic heterocycles. The van der Waals surface area contributed by atoms with E-state index in [2.05, 4.69) is 22.9 Å². The maximum absolute atomic E-state index is 5.75. The van der Waals surface area contributed by atoms with Gasteiger partial charge in [0.1, 0.15) is 5.82 Å². The molecule has 3 heteroatoms. The molecule has 2 nitrogen and oxygen atoms in total. The van der Waals surface area contributed by atoms with E-state index in [1.807, 2.05) is 12.1 Å². The number of aromatic nitrogens is 1. The molecule has 0 saturated carbocycles. The van der Waals surface area contributed by atoms with Gasteiger partial charge in [-0.3, -0.25) is 0 Å². The lowest BCUT2D eigenvalue weighted by atomic mass is 10.2. The molecule has 76 valence electrons. The average Bonchev–Trinajstić information content (AvgIpc) is 2.65. The summed E-state index contributed by atoms with van der Waals surface area (Å²) in [5.74, 6) is 2.36. The number of hydrogen-bond acceptors (Lipinski definition) is 2. The molecule has 0 aromatic carbocycles. The molecule has 0 bridgehead atoms. The van der Waals surface area contributed by atoms with Crippen molar-refractivity contribution < 1.29 is 0 Å². The Bertz CT molecular complexity index is 314. The number of nitrogens with zero attached hydrogens (tertiary/aromatic N) is 2. The van der Waals surface area contributed by atoms with Crippen LogP contribution in [0.25, 0.3) is 0 Å². The first-order valence-electron chi connectivity index (χ1n) is 5.06. The molecule has 0 N–H and O–H groups in total. The molecule has 14 heavy (non-hydrogen) atoms. The molecular weight excluding hydrogens is 196 g/mol. The summed E-state index contributed by atoms with van der Waals surface area (Å²) >= 11 is 5.75. The van der Waals surface area contributed by atoms with Crippen molar-refractivity contribution >= 4 is 17.4 Å². The molecule has 0 amide bonds. The third kappa shape index (κ3) is 2.01. The van der Waals surface area contributed by atoms with Gasteiger partial charge in [0.25, 0.3) is 0 Å². The van der Waals surface area contributed by atoms with Crippen molar-refractivity contribution in [2.45, 2.75) is 19.2 Å². The number of halogens is 1. The first-order chi connectivity index (χ1) is 6.79. The highest BCUT2D eigenvalue weighted by Crippen LogP contribution is 2.21. The summed E-state index contributed by atoms with van der Waals surface area (Å²) in [4.78, 5) is 6.84. The van der Waals surface area contributed by atoms with E-state index in [1.165, 1.54) is 6.42 Å². The Morgan fingerprint density at radius 2 is 2.43 bits per heavy atom. The zero-order valence-electron chi connectivity index (χ0n) is 8.41.